The predicted octanol–water partition coefficient (Wildman–Crippen LogP) is 11.4. The Bertz CT molecular complexity index is 2180. The molecule has 2 unspecified atom stereocenters. The number of hydrogen-bond donors (Lipinski definition) is 0. The molecule has 0 bridgehead atoms. The zero-order valence-electron chi connectivity index (χ0n) is 27.5. The molecule has 232 valence electrons. The molecule has 4 aromatic carbocycles. The van der Waals surface area contributed by atoms with E-state index in [4.69, 9.17) is 9.97 Å². The molecule has 8 rings (SSSR count). The van der Waals surface area contributed by atoms with Crippen LogP contribution in [0.1, 0.15) is 54.6 Å². The fourth-order valence-corrected chi connectivity index (χ4v) is 7.82. The van der Waals surface area contributed by atoms with Crippen LogP contribution in [-0.4, -0.2) is 9.97 Å². The van der Waals surface area contributed by atoms with Crippen LogP contribution >= 0.6 is 0 Å². The molecule has 0 saturated carbocycles. The second kappa shape index (κ2) is 12.5. The SMILES string of the molecule is C/C=C\C(=C/CC)c1cc(-c2ccccc2)nc(-c2ccc(C3(c4ccccc4)C4=C(C5=CC=CCC5C=C4)c4ccccc43)cc2)n1. The molecule has 2 nitrogen and oxygen atoms in total. The first-order chi connectivity index (χ1) is 23.7. The van der Waals surface area contributed by atoms with Gasteiger partial charge in [-0.1, -0.05) is 165 Å². The van der Waals surface area contributed by atoms with E-state index in [1.807, 2.05) is 6.07 Å². The van der Waals surface area contributed by atoms with E-state index in [9.17, 15) is 0 Å². The number of fused-ring (bicyclic) bond motifs is 4. The number of hydrogen-bond acceptors (Lipinski definition) is 2. The third-order valence-electron chi connectivity index (χ3n) is 9.90. The summed E-state index contributed by atoms with van der Waals surface area (Å²) in [5.41, 5.74) is 13.9. The van der Waals surface area contributed by atoms with Gasteiger partial charge in [-0.2, -0.15) is 0 Å². The van der Waals surface area contributed by atoms with E-state index in [2.05, 4.69) is 172 Å². The molecule has 1 aromatic heterocycles. The highest BCUT2D eigenvalue weighted by molar-refractivity contribution is 5.96. The molecule has 2 heteroatoms. The van der Waals surface area contributed by atoms with Gasteiger partial charge in [-0.3, -0.25) is 0 Å². The van der Waals surface area contributed by atoms with Crippen molar-refractivity contribution in [2.45, 2.75) is 32.1 Å². The Morgan fingerprint density at radius 2 is 1.54 bits per heavy atom. The van der Waals surface area contributed by atoms with Gasteiger partial charge < -0.3 is 0 Å². The Morgan fingerprint density at radius 3 is 2.31 bits per heavy atom. The van der Waals surface area contributed by atoms with Gasteiger partial charge in [0.2, 0.25) is 0 Å². The maximum absolute atomic E-state index is 5.15. The summed E-state index contributed by atoms with van der Waals surface area (Å²) in [5, 5.41) is 0. The lowest BCUT2D eigenvalue weighted by atomic mass is 9.65. The van der Waals surface area contributed by atoms with Crippen LogP contribution in [-0.2, 0) is 5.41 Å². The Balaban J connectivity index is 1.32. The summed E-state index contributed by atoms with van der Waals surface area (Å²) in [5.74, 6) is 1.14. The van der Waals surface area contributed by atoms with Crippen molar-refractivity contribution in [3.63, 3.8) is 0 Å². The maximum Gasteiger partial charge on any atom is 0.160 e. The molecule has 0 amide bonds. The molecule has 0 fully saturated rings. The van der Waals surface area contributed by atoms with Gasteiger partial charge in [-0.15, -0.1) is 0 Å². The van der Waals surface area contributed by atoms with Gasteiger partial charge in [-0.25, -0.2) is 9.97 Å². The van der Waals surface area contributed by atoms with Crippen molar-refractivity contribution in [3.8, 4) is 22.6 Å². The van der Waals surface area contributed by atoms with Gasteiger partial charge in [0, 0.05) is 17.0 Å². The summed E-state index contributed by atoms with van der Waals surface area (Å²) in [4.78, 5) is 10.3. The smallest absolute Gasteiger partial charge is 0.160 e. The molecule has 0 radical (unpaired) electrons. The fraction of sp³-hybridized carbons (Fsp3) is 0.130. The van der Waals surface area contributed by atoms with Crippen molar-refractivity contribution < 1.29 is 0 Å². The molecule has 3 aliphatic carbocycles. The van der Waals surface area contributed by atoms with E-state index in [1.54, 1.807) is 0 Å². The van der Waals surface area contributed by atoms with Gasteiger partial charge in [0.15, 0.2) is 5.82 Å². The van der Waals surface area contributed by atoms with E-state index >= 15 is 0 Å². The van der Waals surface area contributed by atoms with Gasteiger partial charge in [0.1, 0.15) is 0 Å². The molecule has 5 aromatic rings. The van der Waals surface area contributed by atoms with Crippen molar-refractivity contribution in [2.75, 3.05) is 0 Å². The highest BCUT2D eigenvalue weighted by atomic mass is 14.9. The first-order valence-corrected chi connectivity index (χ1v) is 17.1. The number of benzene rings is 4. The summed E-state index contributed by atoms with van der Waals surface area (Å²) in [7, 11) is 0. The van der Waals surface area contributed by atoms with Crippen molar-refractivity contribution in [2.24, 2.45) is 5.92 Å². The molecule has 48 heavy (non-hydrogen) atoms. The average molecular weight is 619 g/mol. The van der Waals surface area contributed by atoms with Crippen LogP contribution < -0.4 is 0 Å². The quantitative estimate of drug-likeness (QED) is 0.170. The lowest BCUT2D eigenvalue weighted by Gasteiger charge is -2.36. The largest absolute Gasteiger partial charge is 0.228 e. The number of allylic oxidation sites excluding steroid dienone is 12. The Morgan fingerprint density at radius 1 is 0.812 bits per heavy atom. The number of nitrogens with zero attached hydrogens (tertiary/aromatic N) is 2. The summed E-state index contributed by atoms with van der Waals surface area (Å²) in [6.45, 7) is 4.21. The lowest BCUT2D eigenvalue weighted by molar-refractivity contribution is 0.740. The van der Waals surface area contributed by atoms with Gasteiger partial charge >= 0.3 is 0 Å². The molecule has 0 saturated heterocycles. The zero-order valence-corrected chi connectivity index (χ0v) is 27.5. The van der Waals surface area contributed by atoms with Crippen LogP contribution in [0.5, 0.6) is 0 Å². The first kappa shape index (κ1) is 29.8. The van der Waals surface area contributed by atoms with Gasteiger partial charge in [0.25, 0.3) is 0 Å². The zero-order chi connectivity index (χ0) is 32.5. The average Bonchev–Trinajstić information content (AvgIpc) is 3.47. The Labute approximate surface area is 284 Å². The first-order valence-electron chi connectivity index (χ1n) is 17.1. The molecule has 1 heterocycles. The predicted molar refractivity (Wildman–Crippen MR) is 200 cm³/mol. The molecule has 0 aliphatic heterocycles. The van der Waals surface area contributed by atoms with Gasteiger partial charge in [-0.05, 0) is 70.4 Å². The summed E-state index contributed by atoms with van der Waals surface area (Å²) >= 11 is 0. The van der Waals surface area contributed by atoms with Crippen LogP contribution in [0.25, 0.3) is 33.8 Å². The van der Waals surface area contributed by atoms with Crippen LogP contribution in [0.15, 0.2) is 175 Å². The minimum atomic E-state index is -0.448. The summed E-state index contributed by atoms with van der Waals surface area (Å²) in [6, 6.07) is 41.6. The highest BCUT2D eigenvalue weighted by Crippen LogP contribution is 2.59. The normalized spacial score (nSPS) is 19.7. The standard InChI is InChI=1S/C46H38N2/c1-3-15-33(16-4-2)42-31-43(34-18-7-5-8-19-34)48-45(47-42)35-25-28-37(29-26-35)46(36-20-9-6-10-21-36)40-24-14-13-23-39(40)44-38-22-12-11-17-32(38)27-30-41(44)46/h3,5-16,18-32H,4,17H2,1-2H3/b15-3-,33-16+. The van der Waals surface area contributed by atoms with E-state index in [1.165, 1.54) is 39.0 Å². The van der Waals surface area contributed by atoms with Crippen LogP contribution in [0.2, 0.25) is 0 Å². The summed E-state index contributed by atoms with van der Waals surface area (Å²) < 4.78 is 0. The third kappa shape index (κ3) is 4.88. The van der Waals surface area contributed by atoms with Gasteiger partial charge in [0.05, 0.1) is 16.8 Å². The van der Waals surface area contributed by atoms with E-state index in [0.717, 1.165) is 46.8 Å². The Kier molecular flexibility index (Phi) is 7.78. The third-order valence-corrected chi connectivity index (χ3v) is 9.90. The van der Waals surface area contributed by atoms with E-state index in [-0.39, 0.29) is 0 Å². The molecule has 2 atom stereocenters. The highest BCUT2D eigenvalue weighted by Gasteiger charge is 2.48. The minimum Gasteiger partial charge on any atom is -0.228 e. The van der Waals surface area contributed by atoms with Crippen molar-refractivity contribution in [1.29, 1.82) is 0 Å². The molecular formula is C46H38N2. The topological polar surface area (TPSA) is 25.8 Å². The molecular weight excluding hydrogens is 581 g/mol. The van der Waals surface area contributed by atoms with Crippen LogP contribution in [0.4, 0.5) is 0 Å². The summed E-state index contributed by atoms with van der Waals surface area (Å²) in [6.07, 6.45) is 20.1. The second-order valence-electron chi connectivity index (χ2n) is 12.7. The second-order valence-corrected chi connectivity index (χ2v) is 12.7. The molecule has 3 aliphatic rings. The maximum atomic E-state index is 5.15. The Hall–Kier alpha value is -5.60. The van der Waals surface area contributed by atoms with Crippen molar-refractivity contribution >= 4 is 11.1 Å². The number of rotatable bonds is 7. The van der Waals surface area contributed by atoms with Crippen molar-refractivity contribution in [3.05, 3.63) is 203 Å². The molecule has 0 N–H and O–H groups in total. The molecule has 0 spiro atoms. The monoisotopic (exact) mass is 618 g/mol. The van der Waals surface area contributed by atoms with Crippen molar-refractivity contribution in [1.82, 2.24) is 9.97 Å². The van der Waals surface area contributed by atoms with E-state index < -0.39 is 5.41 Å². The van der Waals surface area contributed by atoms with E-state index in [0.29, 0.717) is 5.92 Å². The minimum absolute atomic E-state index is 0.410. The van der Waals surface area contributed by atoms with Crippen LogP contribution in [0, 0.1) is 5.92 Å². The lowest BCUT2D eigenvalue weighted by Crippen LogP contribution is -2.30. The number of aromatic nitrogens is 2. The fourth-order valence-electron chi connectivity index (χ4n) is 7.82. The van der Waals surface area contributed by atoms with Crippen LogP contribution in [0.3, 0.4) is 0 Å².